The lowest BCUT2D eigenvalue weighted by atomic mass is 10.1. The second kappa shape index (κ2) is 6.21. The van der Waals surface area contributed by atoms with Crippen LogP contribution >= 0.6 is 23.2 Å². The molecule has 3 N–H and O–H groups in total. The van der Waals surface area contributed by atoms with Crippen LogP contribution < -0.4 is 10.5 Å². The van der Waals surface area contributed by atoms with E-state index >= 15 is 0 Å². The van der Waals surface area contributed by atoms with E-state index in [1.54, 1.807) is 0 Å². The Labute approximate surface area is 116 Å². The van der Waals surface area contributed by atoms with Gasteiger partial charge >= 0.3 is 6.18 Å². The Morgan fingerprint density at radius 2 is 1.84 bits per heavy atom. The second-order valence-corrected chi connectivity index (χ2v) is 4.41. The number of ether oxygens (including phenoxy) is 1. The van der Waals surface area contributed by atoms with Gasteiger partial charge in [-0.25, -0.2) is 0 Å². The number of nitrogens with zero attached hydrogens (tertiary/aromatic N) is 1. The summed E-state index contributed by atoms with van der Waals surface area (Å²) in [7, 11) is 0. The first-order chi connectivity index (χ1) is 8.74. The Morgan fingerprint density at radius 1 is 1.32 bits per heavy atom. The maximum absolute atomic E-state index is 12.6. The SMILES string of the molecule is N/C(=N/O)C(COc1cc(Cl)cc(Cl)c1)C(F)(F)F. The van der Waals surface area contributed by atoms with Crippen molar-refractivity contribution in [2.75, 3.05) is 6.61 Å². The van der Waals surface area contributed by atoms with Crippen molar-refractivity contribution in [2.45, 2.75) is 6.18 Å². The minimum Gasteiger partial charge on any atom is -0.492 e. The number of oxime groups is 1. The second-order valence-electron chi connectivity index (χ2n) is 3.54. The Hall–Kier alpha value is -1.34. The molecule has 9 heteroatoms. The van der Waals surface area contributed by atoms with Crippen molar-refractivity contribution in [1.29, 1.82) is 0 Å². The fourth-order valence-electron chi connectivity index (χ4n) is 1.21. The Bertz CT molecular complexity index is 460. The van der Waals surface area contributed by atoms with E-state index in [1.165, 1.54) is 18.2 Å². The van der Waals surface area contributed by atoms with Gasteiger partial charge in [0.2, 0.25) is 0 Å². The fourth-order valence-corrected chi connectivity index (χ4v) is 1.71. The quantitative estimate of drug-likeness (QED) is 0.387. The highest BCUT2D eigenvalue weighted by Gasteiger charge is 2.43. The number of nitrogens with two attached hydrogens (primary N) is 1. The highest BCUT2D eigenvalue weighted by atomic mass is 35.5. The van der Waals surface area contributed by atoms with E-state index in [0.717, 1.165) is 0 Å². The van der Waals surface area contributed by atoms with Crippen LogP contribution in [0.3, 0.4) is 0 Å². The maximum Gasteiger partial charge on any atom is 0.402 e. The molecule has 0 saturated heterocycles. The molecule has 0 spiro atoms. The van der Waals surface area contributed by atoms with Crippen molar-refractivity contribution >= 4 is 29.0 Å². The van der Waals surface area contributed by atoms with E-state index in [9.17, 15) is 13.2 Å². The predicted molar refractivity (Wildman–Crippen MR) is 64.9 cm³/mol. The van der Waals surface area contributed by atoms with Gasteiger partial charge < -0.3 is 15.7 Å². The first-order valence-corrected chi connectivity index (χ1v) is 5.62. The van der Waals surface area contributed by atoms with Gasteiger partial charge in [0.05, 0.1) is 0 Å². The highest BCUT2D eigenvalue weighted by Crippen LogP contribution is 2.29. The summed E-state index contributed by atoms with van der Waals surface area (Å²) >= 11 is 11.3. The molecule has 0 bridgehead atoms. The molecule has 0 aliphatic heterocycles. The lowest BCUT2D eigenvalue weighted by molar-refractivity contribution is -0.162. The molecule has 1 aromatic rings. The van der Waals surface area contributed by atoms with Gasteiger partial charge in [0.25, 0.3) is 0 Å². The summed E-state index contributed by atoms with van der Waals surface area (Å²) in [5.74, 6) is -3.16. The van der Waals surface area contributed by atoms with Crippen molar-refractivity contribution < 1.29 is 23.1 Å². The summed E-state index contributed by atoms with van der Waals surface area (Å²) in [5.41, 5.74) is 4.98. The van der Waals surface area contributed by atoms with Crippen molar-refractivity contribution in [2.24, 2.45) is 16.8 Å². The molecule has 19 heavy (non-hydrogen) atoms. The summed E-state index contributed by atoms with van der Waals surface area (Å²) in [4.78, 5) is 0. The molecule has 1 atom stereocenters. The first kappa shape index (κ1) is 15.7. The van der Waals surface area contributed by atoms with E-state index in [-0.39, 0.29) is 15.8 Å². The number of amidine groups is 1. The third-order valence-electron chi connectivity index (χ3n) is 2.12. The molecule has 0 aliphatic carbocycles. The summed E-state index contributed by atoms with van der Waals surface area (Å²) in [6.45, 7) is -0.851. The molecule has 0 heterocycles. The van der Waals surface area contributed by atoms with Gasteiger partial charge in [-0.05, 0) is 18.2 Å². The summed E-state index contributed by atoms with van der Waals surface area (Å²) in [6.07, 6.45) is -4.70. The van der Waals surface area contributed by atoms with E-state index in [1.807, 2.05) is 0 Å². The molecule has 0 radical (unpaired) electrons. The minimum absolute atomic E-state index is 0.0532. The van der Waals surface area contributed by atoms with Crippen LogP contribution in [0.5, 0.6) is 5.75 Å². The number of alkyl halides is 3. The average Bonchev–Trinajstić information content (AvgIpc) is 2.25. The number of halogens is 5. The fraction of sp³-hybridized carbons (Fsp3) is 0.300. The van der Waals surface area contributed by atoms with Gasteiger partial charge in [-0.3, -0.25) is 0 Å². The zero-order valence-electron chi connectivity index (χ0n) is 9.29. The lowest BCUT2D eigenvalue weighted by Gasteiger charge is -2.19. The topological polar surface area (TPSA) is 67.8 Å². The molecule has 4 nitrogen and oxygen atoms in total. The molecule has 0 amide bonds. The van der Waals surface area contributed by atoms with Crippen LogP contribution in [-0.2, 0) is 0 Å². The van der Waals surface area contributed by atoms with Gasteiger partial charge in [0, 0.05) is 10.0 Å². The van der Waals surface area contributed by atoms with Crippen molar-refractivity contribution in [3.05, 3.63) is 28.2 Å². The molecule has 1 rings (SSSR count). The van der Waals surface area contributed by atoms with E-state index < -0.39 is 24.5 Å². The molecule has 0 saturated carbocycles. The minimum atomic E-state index is -4.70. The van der Waals surface area contributed by atoms with Crippen LogP contribution in [0.4, 0.5) is 13.2 Å². The predicted octanol–water partition coefficient (Wildman–Crippen LogP) is 3.30. The molecule has 0 aliphatic rings. The van der Waals surface area contributed by atoms with Crippen molar-refractivity contribution in [3.8, 4) is 5.75 Å². The van der Waals surface area contributed by atoms with Crippen LogP contribution in [0.2, 0.25) is 10.0 Å². The normalized spacial score (nSPS) is 14.3. The zero-order valence-corrected chi connectivity index (χ0v) is 10.8. The highest BCUT2D eigenvalue weighted by molar-refractivity contribution is 6.34. The molecule has 106 valence electrons. The van der Waals surface area contributed by atoms with Gasteiger partial charge in [0.1, 0.15) is 18.3 Å². The lowest BCUT2D eigenvalue weighted by Crippen LogP contribution is -2.40. The molecule has 0 aromatic heterocycles. The number of hydrogen-bond donors (Lipinski definition) is 2. The third kappa shape index (κ3) is 4.68. The van der Waals surface area contributed by atoms with Crippen molar-refractivity contribution in [3.63, 3.8) is 0 Å². The van der Waals surface area contributed by atoms with Crippen LogP contribution in [0.25, 0.3) is 0 Å². The summed E-state index contributed by atoms with van der Waals surface area (Å²) in [5, 5.41) is 11.1. The number of hydrogen-bond acceptors (Lipinski definition) is 3. The molecular formula is C10H9Cl2F3N2O2. The Balaban J connectivity index is 2.82. The monoisotopic (exact) mass is 316 g/mol. The average molecular weight is 317 g/mol. The van der Waals surface area contributed by atoms with Gasteiger partial charge in [-0.15, -0.1) is 0 Å². The largest absolute Gasteiger partial charge is 0.492 e. The maximum atomic E-state index is 12.6. The standard InChI is InChI=1S/C10H9Cl2F3N2O2/c11-5-1-6(12)3-7(2-5)19-4-8(9(16)17-18)10(13,14)15/h1-3,8,18H,4H2,(H2,16,17). The first-order valence-electron chi connectivity index (χ1n) is 4.87. The molecule has 1 unspecified atom stereocenters. The van der Waals surface area contributed by atoms with Gasteiger partial charge in [0.15, 0.2) is 5.84 Å². The van der Waals surface area contributed by atoms with E-state index in [2.05, 4.69) is 5.16 Å². The molecule has 0 fully saturated rings. The van der Waals surface area contributed by atoms with E-state index in [4.69, 9.17) is 38.9 Å². The molecular weight excluding hydrogens is 308 g/mol. The summed E-state index contributed by atoms with van der Waals surface area (Å²) in [6, 6.07) is 4.00. The third-order valence-corrected chi connectivity index (χ3v) is 2.56. The zero-order chi connectivity index (χ0) is 14.6. The van der Waals surface area contributed by atoms with Crippen LogP contribution in [-0.4, -0.2) is 23.8 Å². The molecule has 1 aromatic carbocycles. The number of rotatable bonds is 4. The van der Waals surface area contributed by atoms with Crippen LogP contribution in [0, 0.1) is 5.92 Å². The van der Waals surface area contributed by atoms with Gasteiger partial charge in [-0.1, -0.05) is 28.4 Å². The smallest absolute Gasteiger partial charge is 0.402 e. The Kier molecular flexibility index (Phi) is 5.13. The van der Waals surface area contributed by atoms with Crippen molar-refractivity contribution in [1.82, 2.24) is 0 Å². The summed E-state index contributed by atoms with van der Waals surface area (Å²) < 4.78 is 42.8. The van der Waals surface area contributed by atoms with Gasteiger partial charge in [-0.2, -0.15) is 13.2 Å². The number of benzene rings is 1. The van der Waals surface area contributed by atoms with Crippen LogP contribution in [0.15, 0.2) is 23.4 Å². The van der Waals surface area contributed by atoms with E-state index in [0.29, 0.717) is 0 Å². The van der Waals surface area contributed by atoms with Crippen LogP contribution in [0.1, 0.15) is 0 Å². The Morgan fingerprint density at radius 3 is 2.26 bits per heavy atom.